The number of likely N-dealkylation sites (N-methyl/N-ethyl adjacent to an activating group) is 1. The minimum atomic E-state index is -2.84. The molecule has 7 nitrogen and oxygen atoms in total. The minimum absolute atomic E-state index is 0.00743. The number of nitrogens with one attached hydrogen (secondary N) is 1. The van der Waals surface area contributed by atoms with Crippen LogP contribution < -0.4 is 10.1 Å². The number of amides is 2. The SMILES string of the molecule is CN(CC(=O)N1CCN(CC(=O)NC(C)(C)C)CC1)Cc1ccc(OC(F)F)cc1. The number of ether oxygens (including phenoxy) is 1. The highest BCUT2D eigenvalue weighted by Crippen LogP contribution is 2.16. The molecule has 0 saturated carbocycles. The molecule has 1 heterocycles. The second-order valence-electron chi connectivity index (χ2n) is 8.65. The Bertz CT molecular complexity index is 699. The van der Waals surface area contributed by atoms with Crippen molar-refractivity contribution in [2.45, 2.75) is 39.5 Å². The molecule has 0 radical (unpaired) electrons. The molecule has 1 saturated heterocycles. The lowest BCUT2D eigenvalue weighted by Gasteiger charge is -2.35. The molecule has 0 spiro atoms. The summed E-state index contributed by atoms with van der Waals surface area (Å²) < 4.78 is 28.8. The summed E-state index contributed by atoms with van der Waals surface area (Å²) in [7, 11) is 1.84. The second-order valence-corrected chi connectivity index (χ2v) is 8.65. The van der Waals surface area contributed by atoms with Gasteiger partial charge in [0.2, 0.25) is 11.8 Å². The van der Waals surface area contributed by atoms with Crippen molar-refractivity contribution in [1.29, 1.82) is 0 Å². The van der Waals surface area contributed by atoms with E-state index >= 15 is 0 Å². The van der Waals surface area contributed by atoms with E-state index in [1.807, 2.05) is 37.6 Å². The van der Waals surface area contributed by atoms with Crippen LogP contribution in [0, 0.1) is 0 Å². The minimum Gasteiger partial charge on any atom is -0.435 e. The molecular formula is C21H32F2N4O3. The van der Waals surface area contributed by atoms with Gasteiger partial charge < -0.3 is 15.0 Å². The Balaban J connectivity index is 1.73. The molecule has 1 aliphatic rings. The van der Waals surface area contributed by atoms with Crippen LogP contribution in [0.15, 0.2) is 24.3 Å². The molecule has 2 amide bonds. The summed E-state index contributed by atoms with van der Waals surface area (Å²) in [6.45, 7) is 6.64. The van der Waals surface area contributed by atoms with E-state index in [9.17, 15) is 18.4 Å². The van der Waals surface area contributed by atoms with Gasteiger partial charge in [-0.15, -0.1) is 0 Å². The lowest BCUT2D eigenvalue weighted by Crippen LogP contribution is -2.54. The van der Waals surface area contributed by atoms with Crippen molar-refractivity contribution in [3.8, 4) is 5.75 Å². The average molecular weight is 427 g/mol. The van der Waals surface area contributed by atoms with Gasteiger partial charge in [0.15, 0.2) is 0 Å². The predicted molar refractivity (Wildman–Crippen MR) is 110 cm³/mol. The maximum atomic E-state index is 12.6. The number of carbonyl (C=O) groups excluding carboxylic acids is 2. The van der Waals surface area contributed by atoms with Crippen LogP contribution in [0.2, 0.25) is 0 Å². The number of piperazine rings is 1. The van der Waals surface area contributed by atoms with E-state index in [0.717, 1.165) is 5.56 Å². The van der Waals surface area contributed by atoms with Crippen LogP contribution >= 0.6 is 0 Å². The Morgan fingerprint density at radius 2 is 1.73 bits per heavy atom. The van der Waals surface area contributed by atoms with Gasteiger partial charge in [0.25, 0.3) is 0 Å². The molecule has 2 rings (SSSR count). The molecule has 0 bridgehead atoms. The van der Waals surface area contributed by atoms with Crippen molar-refractivity contribution in [2.24, 2.45) is 0 Å². The topological polar surface area (TPSA) is 65.1 Å². The van der Waals surface area contributed by atoms with Gasteiger partial charge in [0.05, 0.1) is 13.1 Å². The number of hydrogen-bond donors (Lipinski definition) is 1. The highest BCUT2D eigenvalue weighted by atomic mass is 19.3. The van der Waals surface area contributed by atoms with Gasteiger partial charge in [-0.2, -0.15) is 8.78 Å². The Kier molecular flexibility index (Phi) is 8.54. The Hall–Kier alpha value is -2.26. The number of rotatable bonds is 8. The molecule has 168 valence electrons. The number of alkyl halides is 2. The van der Waals surface area contributed by atoms with E-state index in [1.165, 1.54) is 12.1 Å². The molecule has 1 N–H and O–H groups in total. The van der Waals surface area contributed by atoms with Crippen LogP contribution in [0.25, 0.3) is 0 Å². The fourth-order valence-corrected chi connectivity index (χ4v) is 3.29. The van der Waals surface area contributed by atoms with Crippen molar-refractivity contribution in [3.63, 3.8) is 0 Å². The normalized spacial score (nSPS) is 15.5. The third-order valence-electron chi connectivity index (χ3n) is 4.61. The number of carbonyl (C=O) groups is 2. The van der Waals surface area contributed by atoms with E-state index in [1.54, 1.807) is 12.1 Å². The highest BCUT2D eigenvalue weighted by molar-refractivity contribution is 5.79. The van der Waals surface area contributed by atoms with Crippen LogP contribution in [0.1, 0.15) is 26.3 Å². The van der Waals surface area contributed by atoms with E-state index in [4.69, 9.17) is 0 Å². The average Bonchev–Trinajstić information content (AvgIpc) is 2.61. The van der Waals surface area contributed by atoms with Crippen molar-refractivity contribution >= 4 is 11.8 Å². The zero-order chi connectivity index (χ0) is 22.3. The van der Waals surface area contributed by atoms with Gasteiger partial charge in [-0.05, 0) is 45.5 Å². The van der Waals surface area contributed by atoms with E-state index in [2.05, 4.69) is 15.0 Å². The van der Waals surface area contributed by atoms with Crippen LogP contribution in [0.5, 0.6) is 5.75 Å². The third-order valence-corrected chi connectivity index (χ3v) is 4.61. The van der Waals surface area contributed by atoms with Crippen molar-refractivity contribution in [3.05, 3.63) is 29.8 Å². The fourth-order valence-electron chi connectivity index (χ4n) is 3.29. The molecule has 1 fully saturated rings. The lowest BCUT2D eigenvalue weighted by atomic mass is 10.1. The zero-order valence-corrected chi connectivity index (χ0v) is 18.2. The molecule has 1 aromatic carbocycles. The summed E-state index contributed by atoms with van der Waals surface area (Å²) in [5.74, 6) is 0.141. The summed E-state index contributed by atoms with van der Waals surface area (Å²) in [5, 5.41) is 2.95. The number of benzene rings is 1. The molecule has 0 aromatic heterocycles. The third kappa shape index (κ3) is 8.62. The summed E-state index contributed by atoms with van der Waals surface area (Å²) in [6, 6.07) is 6.40. The van der Waals surface area contributed by atoms with Gasteiger partial charge in [-0.25, -0.2) is 0 Å². The molecule has 30 heavy (non-hydrogen) atoms. The molecule has 0 aliphatic carbocycles. The van der Waals surface area contributed by atoms with Crippen LogP contribution in [-0.4, -0.2) is 85.0 Å². The van der Waals surface area contributed by atoms with E-state index in [0.29, 0.717) is 39.3 Å². The molecule has 0 atom stereocenters. The maximum absolute atomic E-state index is 12.6. The number of halogens is 2. The Morgan fingerprint density at radius 3 is 2.27 bits per heavy atom. The number of hydrogen-bond acceptors (Lipinski definition) is 5. The summed E-state index contributed by atoms with van der Waals surface area (Å²) in [4.78, 5) is 30.4. The van der Waals surface area contributed by atoms with Crippen molar-refractivity contribution in [2.75, 3.05) is 46.3 Å². The van der Waals surface area contributed by atoms with Gasteiger partial charge in [-0.1, -0.05) is 12.1 Å². The lowest BCUT2D eigenvalue weighted by molar-refractivity contribution is -0.134. The monoisotopic (exact) mass is 426 g/mol. The quantitative estimate of drug-likeness (QED) is 0.687. The van der Waals surface area contributed by atoms with Crippen LogP contribution in [0.3, 0.4) is 0 Å². The zero-order valence-electron chi connectivity index (χ0n) is 18.2. The largest absolute Gasteiger partial charge is 0.435 e. The van der Waals surface area contributed by atoms with Crippen molar-refractivity contribution < 1.29 is 23.1 Å². The smallest absolute Gasteiger partial charge is 0.387 e. The van der Waals surface area contributed by atoms with Gasteiger partial charge >= 0.3 is 6.61 Å². The Morgan fingerprint density at radius 1 is 1.13 bits per heavy atom. The summed E-state index contributed by atoms with van der Waals surface area (Å²) in [5.41, 5.74) is 0.650. The molecule has 1 aromatic rings. The Labute approximate surface area is 176 Å². The second kappa shape index (κ2) is 10.7. The van der Waals surface area contributed by atoms with Crippen molar-refractivity contribution in [1.82, 2.24) is 20.0 Å². The van der Waals surface area contributed by atoms with Gasteiger partial charge in [0, 0.05) is 38.3 Å². The molecule has 1 aliphatic heterocycles. The van der Waals surface area contributed by atoms with Gasteiger partial charge in [0.1, 0.15) is 5.75 Å². The van der Waals surface area contributed by atoms with Crippen LogP contribution in [-0.2, 0) is 16.1 Å². The highest BCUT2D eigenvalue weighted by Gasteiger charge is 2.24. The first kappa shape index (κ1) is 24.0. The predicted octanol–water partition coefficient (Wildman–Crippen LogP) is 1.78. The van der Waals surface area contributed by atoms with Gasteiger partial charge in [-0.3, -0.25) is 19.4 Å². The molecule has 9 heteroatoms. The first-order valence-electron chi connectivity index (χ1n) is 10.1. The first-order chi connectivity index (χ1) is 14.0. The van der Waals surface area contributed by atoms with Crippen LogP contribution in [0.4, 0.5) is 8.78 Å². The number of nitrogens with zero attached hydrogens (tertiary/aromatic N) is 3. The van der Waals surface area contributed by atoms with E-state index in [-0.39, 0.29) is 29.6 Å². The first-order valence-corrected chi connectivity index (χ1v) is 10.1. The standard InChI is InChI=1S/C21H32F2N4O3/c1-21(2,3)24-18(28)14-26-9-11-27(12-10-26)19(29)15-25(4)13-16-5-7-17(8-6-16)30-20(22)23/h5-8,20H,9-15H2,1-4H3,(H,24,28). The fraction of sp³-hybridized carbons (Fsp3) is 0.619. The maximum Gasteiger partial charge on any atom is 0.387 e. The summed E-state index contributed by atoms with van der Waals surface area (Å²) >= 11 is 0. The molecule has 0 unspecified atom stereocenters. The molecular weight excluding hydrogens is 394 g/mol. The van der Waals surface area contributed by atoms with E-state index < -0.39 is 6.61 Å². The summed E-state index contributed by atoms with van der Waals surface area (Å²) in [6.07, 6.45) is 0.